The first-order valence-corrected chi connectivity index (χ1v) is 11.3. The van der Waals surface area contributed by atoms with Crippen LogP contribution in [0.2, 0.25) is 0 Å². The molecule has 0 aromatic carbocycles. The van der Waals surface area contributed by atoms with Gasteiger partial charge in [-0.05, 0) is 63.6 Å². The quantitative estimate of drug-likeness (QED) is 0.583. The summed E-state index contributed by atoms with van der Waals surface area (Å²) in [7, 11) is 0. The Balaban J connectivity index is 1.56. The number of hydrogen-bond acceptors (Lipinski definition) is 5. The average molecular weight is 443 g/mol. The van der Waals surface area contributed by atoms with Crippen LogP contribution in [-0.2, 0) is 29.0 Å². The summed E-state index contributed by atoms with van der Waals surface area (Å²) < 4.78 is 5.28. The number of carboxylic acid groups (broad SMARTS) is 1. The molecule has 7 nitrogen and oxygen atoms in total. The van der Waals surface area contributed by atoms with Gasteiger partial charge in [-0.3, -0.25) is 14.4 Å². The lowest BCUT2D eigenvalue weighted by Crippen LogP contribution is -2.36. The molecule has 3 N–H and O–H groups in total. The molecule has 0 saturated carbocycles. The van der Waals surface area contributed by atoms with E-state index in [0.717, 1.165) is 40.8 Å². The molecule has 0 saturated heterocycles. The van der Waals surface area contributed by atoms with Crippen LogP contribution in [0.3, 0.4) is 0 Å². The van der Waals surface area contributed by atoms with Crippen molar-refractivity contribution in [3.8, 4) is 0 Å². The Bertz CT molecular complexity index is 1050. The standard InChI is InChI=1S/C23H26N2O5S/c1-12-9-16(17(23(28)29)10-13(12)2)20(26)25-22-19(15-6-3-7-18(15)31-22)21(27)24-11-14-5-4-8-30-14/h4-5,8,16-17H,3,6-7,9-11H2,1-2H3,(H,24,27)(H,25,26)(H,28,29)/t16-,17+/m1/s1. The Morgan fingerprint density at radius 3 is 2.58 bits per heavy atom. The lowest BCUT2D eigenvalue weighted by atomic mass is 9.76. The van der Waals surface area contributed by atoms with Crippen molar-refractivity contribution in [2.45, 2.75) is 52.5 Å². The van der Waals surface area contributed by atoms with Gasteiger partial charge in [0.25, 0.3) is 5.91 Å². The summed E-state index contributed by atoms with van der Waals surface area (Å²) in [6.07, 6.45) is 5.01. The topological polar surface area (TPSA) is 109 Å². The molecule has 0 fully saturated rings. The molecule has 0 bridgehead atoms. The van der Waals surface area contributed by atoms with Gasteiger partial charge in [0.2, 0.25) is 5.91 Å². The van der Waals surface area contributed by atoms with Gasteiger partial charge in [-0.15, -0.1) is 11.3 Å². The van der Waals surface area contributed by atoms with E-state index in [9.17, 15) is 19.5 Å². The number of furan rings is 1. The maximum Gasteiger partial charge on any atom is 0.307 e. The summed E-state index contributed by atoms with van der Waals surface area (Å²) in [5, 5.41) is 16.0. The molecule has 31 heavy (non-hydrogen) atoms. The Morgan fingerprint density at radius 2 is 1.90 bits per heavy atom. The van der Waals surface area contributed by atoms with Crippen molar-refractivity contribution in [2.24, 2.45) is 11.8 Å². The average Bonchev–Trinajstić information content (AvgIpc) is 3.45. The first-order chi connectivity index (χ1) is 14.8. The number of rotatable bonds is 6. The third-order valence-electron chi connectivity index (χ3n) is 6.31. The van der Waals surface area contributed by atoms with Crippen LogP contribution in [0.5, 0.6) is 0 Å². The largest absolute Gasteiger partial charge is 0.481 e. The van der Waals surface area contributed by atoms with E-state index >= 15 is 0 Å². The molecule has 2 heterocycles. The summed E-state index contributed by atoms with van der Waals surface area (Å²) in [5.74, 6) is -2.31. The highest BCUT2D eigenvalue weighted by molar-refractivity contribution is 7.17. The fourth-order valence-corrected chi connectivity index (χ4v) is 5.72. The molecule has 2 aliphatic rings. The van der Waals surface area contributed by atoms with E-state index in [1.807, 2.05) is 13.8 Å². The maximum atomic E-state index is 13.1. The van der Waals surface area contributed by atoms with Crippen LogP contribution in [0, 0.1) is 11.8 Å². The van der Waals surface area contributed by atoms with Gasteiger partial charge >= 0.3 is 5.97 Å². The monoisotopic (exact) mass is 442 g/mol. The predicted octanol–water partition coefficient (Wildman–Crippen LogP) is 4.15. The van der Waals surface area contributed by atoms with Gasteiger partial charge in [-0.1, -0.05) is 11.1 Å². The Kier molecular flexibility index (Phi) is 6.00. The van der Waals surface area contributed by atoms with Gasteiger partial charge in [0.1, 0.15) is 10.8 Å². The number of carboxylic acids is 1. The maximum absolute atomic E-state index is 13.1. The summed E-state index contributed by atoms with van der Waals surface area (Å²) >= 11 is 1.43. The zero-order valence-corrected chi connectivity index (χ0v) is 18.4. The van der Waals surface area contributed by atoms with E-state index < -0.39 is 17.8 Å². The Hall–Kier alpha value is -2.87. The van der Waals surface area contributed by atoms with E-state index in [-0.39, 0.29) is 18.4 Å². The number of aliphatic carboxylic acids is 1. The normalized spacial score (nSPS) is 20.5. The molecule has 0 radical (unpaired) electrons. The number of aryl methyl sites for hydroxylation is 1. The van der Waals surface area contributed by atoms with Gasteiger partial charge in [0, 0.05) is 4.88 Å². The lowest BCUT2D eigenvalue weighted by molar-refractivity contribution is -0.146. The van der Waals surface area contributed by atoms with Gasteiger partial charge in [0.15, 0.2) is 0 Å². The molecule has 2 atom stereocenters. The van der Waals surface area contributed by atoms with Crippen LogP contribution in [0.1, 0.15) is 59.7 Å². The number of carbonyl (C=O) groups excluding carboxylic acids is 2. The minimum absolute atomic E-state index is 0.253. The molecule has 2 aliphatic carbocycles. The third-order valence-corrected chi connectivity index (χ3v) is 7.52. The van der Waals surface area contributed by atoms with Crippen molar-refractivity contribution in [1.29, 1.82) is 0 Å². The molecule has 2 amide bonds. The molecule has 4 rings (SSSR count). The van der Waals surface area contributed by atoms with E-state index in [4.69, 9.17) is 4.42 Å². The van der Waals surface area contributed by atoms with Crippen molar-refractivity contribution >= 4 is 34.1 Å². The second-order valence-corrected chi connectivity index (χ2v) is 9.44. The van der Waals surface area contributed by atoms with Gasteiger partial charge in [0.05, 0.1) is 30.2 Å². The lowest BCUT2D eigenvalue weighted by Gasteiger charge is -2.29. The number of thiophene rings is 1. The molecular formula is C23H26N2O5S. The molecule has 8 heteroatoms. The summed E-state index contributed by atoms with van der Waals surface area (Å²) in [6, 6.07) is 3.55. The number of allylic oxidation sites excluding steroid dienone is 2. The summed E-state index contributed by atoms with van der Waals surface area (Å²) in [6.45, 7) is 4.13. The zero-order chi connectivity index (χ0) is 22.1. The minimum atomic E-state index is -0.961. The van der Waals surface area contributed by atoms with E-state index in [1.165, 1.54) is 11.3 Å². The number of fused-ring (bicyclic) bond motifs is 1. The molecule has 2 aromatic rings. The van der Waals surface area contributed by atoms with E-state index in [2.05, 4.69) is 10.6 Å². The molecule has 2 aromatic heterocycles. The van der Waals surface area contributed by atoms with Crippen LogP contribution in [0.25, 0.3) is 0 Å². The van der Waals surface area contributed by atoms with Gasteiger partial charge < -0.3 is 20.2 Å². The van der Waals surface area contributed by atoms with Gasteiger partial charge in [-0.25, -0.2) is 0 Å². The highest BCUT2D eigenvalue weighted by atomic mass is 32.1. The second kappa shape index (κ2) is 8.70. The van der Waals surface area contributed by atoms with Crippen molar-refractivity contribution in [3.63, 3.8) is 0 Å². The highest BCUT2D eigenvalue weighted by Crippen LogP contribution is 2.41. The number of amides is 2. The number of hydrogen-bond donors (Lipinski definition) is 3. The fraction of sp³-hybridized carbons (Fsp3) is 0.435. The van der Waals surface area contributed by atoms with Crippen molar-refractivity contribution in [3.05, 3.63) is 51.3 Å². The molecule has 164 valence electrons. The van der Waals surface area contributed by atoms with Crippen molar-refractivity contribution < 1.29 is 23.9 Å². The molecule has 0 unspecified atom stereocenters. The number of carbonyl (C=O) groups is 3. The third kappa shape index (κ3) is 4.30. The fourth-order valence-electron chi connectivity index (χ4n) is 4.43. The smallest absolute Gasteiger partial charge is 0.307 e. The van der Waals surface area contributed by atoms with Crippen LogP contribution in [0.15, 0.2) is 34.0 Å². The molecular weight excluding hydrogens is 416 g/mol. The first kappa shape index (κ1) is 21.4. The summed E-state index contributed by atoms with van der Waals surface area (Å²) in [5.41, 5.74) is 3.58. The van der Waals surface area contributed by atoms with Crippen LogP contribution < -0.4 is 10.6 Å². The van der Waals surface area contributed by atoms with Crippen LogP contribution >= 0.6 is 11.3 Å². The van der Waals surface area contributed by atoms with E-state index in [0.29, 0.717) is 29.2 Å². The van der Waals surface area contributed by atoms with Gasteiger partial charge in [-0.2, -0.15) is 0 Å². The molecule has 0 spiro atoms. The molecule has 0 aliphatic heterocycles. The Labute approximate surface area is 184 Å². The highest BCUT2D eigenvalue weighted by Gasteiger charge is 2.38. The number of anilines is 1. The van der Waals surface area contributed by atoms with E-state index in [1.54, 1.807) is 18.4 Å². The SMILES string of the molecule is CC1=C(C)C[C@@H](C(=O)Nc2sc3c(c2C(=O)NCc2ccco2)CCC3)[C@@H](C(=O)O)C1. The van der Waals surface area contributed by atoms with Crippen LogP contribution in [-0.4, -0.2) is 22.9 Å². The zero-order valence-electron chi connectivity index (χ0n) is 17.6. The van der Waals surface area contributed by atoms with Crippen molar-refractivity contribution in [1.82, 2.24) is 5.32 Å². The minimum Gasteiger partial charge on any atom is -0.481 e. The predicted molar refractivity (Wildman–Crippen MR) is 117 cm³/mol. The van der Waals surface area contributed by atoms with Crippen molar-refractivity contribution in [2.75, 3.05) is 5.32 Å². The number of nitrogens with one attached hydrogen (secondary N) is 2. The Morgan fingerprint density at radius 1 is 1.16 bits per heavy atom. The summed E-state index contributed by atoms with van der Waals surface area (Å²) in [4.78, 5) is 39.1. The first-order valence-electron chi connectivity index (χ1n) is 10.5. The van der Waals surface area contributed by atoms with Crippen LogP contribution in [0.4, 0.5) is 5.00 Å². The second-order valence-electron chi connectivity index (χ2n) is 8.33.